The summed E-state index contributed by atoms with van der Waals surface area (Å²) in [5.41, 5.74) is 5.11. The summed E-state index contributed by atoms with van der Waals surface area (Å²) in [4.78, 5) is 18.2. The van der Waals surface area contributed by atoms with Gasteiger partial charge in [-0.25, -0.2) is 4.98 Å². The van der Waals surface area contributed by atoms with Crippen LogP contribution in [-0.4, -0.2) is 46.6 Å². The van der Waals surface area contributed by atoms with Crippen LogP contribution in [0, 0.1) is 0 Å². The Balaban J connectivity index is 2.97. The number of nitrogens with one attached hydrogen (secondary N) is 1. The molecule has 0 aliphatic rings. The van der Waals surface area contributed by atoms with Gasteiger partial charge in [-0.3, -0.25) is 4.79 Å². The van der Waals surface area contributed by atoms with E-state index in [9.17, 15) is 9.90 Å². The zero-order valence-electron chi connectivity index (χ0n) is 11.1. The number of aliphatic hydroxyl groups excluding tert-OH is 1. The molecule has 0 aliphatic carbocycles. The number of nitrogens with zero attached hydrogens (tertiary/aromatic N) is 2. The summed E-state index contributed by atoms with van der Waals surface area (Å²) >= 11 is 1.23. The highest BCUT2D eigenvalue weighted by molar-refractivity contribution is 7.18. The number of carbonyl (C=O) groups is 1. The molecule has 0 saturated heterocycles. The van der Waals surface area contributed by atoms with Gasteiger partial charge in [-0.05, 0) is 20.8 Å². The predicted octanol–water partition coefficient (Wildman–Crippen LogP) is 1.000. The van der Waals surface area contributed by atoms with Crippen LogP contribution in [0.4, 0.5) is 10.9 Å². The van der Waals surface area contributed by atoms with E-state index in [0.717, 1.165) is 6.54 Å². The molecule has 1 heterocycles. The molecule has 1 amide bonds. The molecule has 0 saturated carbocycles. The van der Waals surface area contributed by atoms with E-state index in [4.69, 9.17) is 5.73 Å². The van der Waals surface area contributed by atoms with Crippen LogP contribution < -0.4 is 11.1 Å². The zero-order valence-corrected chi connectivity index (χ0v) is 12.0. The molecule has 0 bridgehead atoms. The van der Waals surface area contributed by atoms with Crippen molar-refractivity contribution in [3.05, 3.63) is 4.88 Å². The number of aliphatic hydroxyl groups is 1. The van der Waals surface area contributed by atoms with E-state index in [1.54, 1.807) is 20.9 Å². The topological polar surface area (TPSA) is 91.5 Å². The number of thiazole rings is 1. The van der Waals surface area contributed by atoms with Crippen molar-refractivity contribution in [1.29, 1.82) is 0 Å². The molecule has 18 heavy (non-hydrogen) atoms. The smallest absolute Gasteiger partial charge is 0.268 e. The minimum Gasteiger partial charge on any atom is -0.394 e. The summed E-state index contributed by atoms with van der Waals surface area (Å²) in [6.45, 7) is 6.12. The van der Waals surface area contributed by atoms with Gasteiger partial charge >= 0.3 is 0 Å². The molecule has 7 heteroatoms. The molecule has 0 fully saturated rings. The second-order valence-electron chi connectivity index (χ2n) is 4.60. The summed E-state index contributed by atoms with van der Waals surface area (Å²) in [5.74, 6) is -0.00487. The number of nitrogen functional groups attached to an aromatic ring is 1. The number of aromatic nitrogens is 1. The Morgan fingerprint density at radius 2 is 2.22 bits per heavy atom. The lowest BCUT2D eigenvalue weighted by molar-refractivity contribution is 0.0478. The minimum atomic E-state index is -0.633. The van der Waals surface area contributed by atoms with Crippen LogP contribution in [0.25, 0.3) is 0 Å². The largest absolute Gasteiger partial charge is 0.394 e. The molecule has 1 aromatic rings. The molecule has 1 rings (SSSR count). The highest BCUT2D eigenvalue weighted by Crippen LogP contribution is 2.27. The van der Waals surface area contributed by atoms with Gasteiger partial charge in [-0.1, -0.05) is 11.3 Å². The number of nitrogens with two attached hydrogens (primary N) is 1. The van der Waals surface area contributed by atoms with Crippen LogP contribution in [-0.2, 0) is 0 Å². The maximum absolute atomic E-state index is 12.3. The van der Waals surface area contributed by atoms with Crippen molar-refractivity contribution >= 4 is 28.2 Å². The normalized spacial score (nSPS) is 11.4. The van der Waals surface area contributed by atoms with Gasteiger partial charge in [0.05, 0.1) is 12.1 Å². The van der Waals surface area contributed by atoms with Crippen molar-refractivity contribution in [3.8, 4) is 0 Å². The standard InChI is InChI=1S/C11H20N4O2S/c1-5-13-10-14-8(12)7(18-10)9(17)15(4)11(2,3)6-16/h16H,5-6,12H2,1-4H3,(H,13,14). The maximum atomic E-state index is 12.3. The molecule has 0 aromatic carbocycles. The van der Waals surface area contributed by atoms with Gasteiger partial charge in [0.25, 0.3) is 5.91 Å². The third-order valence-corrected chi connectivity index (χ3v) is 3.79. The van der Waals surface area contributed by atoms with E-state index in [-0.39, 0.29) is 18.3 Å². The SMILES string of the molecule is CCNc1nc(N)c(C(=O)N(C)C(C)(C)CO)s1. The fourth-order valence-corrected chi connectivity index (χ4v) is 2.17. The van der Waals surface area contributed by atoms with Crippen molar-refractivity contribution in [3.63, 3.8) is 0 Å². The van der Waals surface area contributed by atoms with Gasteiger partial charge in [0.2, 0.25) is 0 Å². The number of amides is 1. The van der Waals surface area contributed by atoms with E-state index < -0.39 is 5.54 Å². The van der Waals surface area contributed by atoms with Crippen molar-refractivity contribution in [2.75, 3.05) is 31.2 Å². The second kappa shape index (κ2) is 5.53. The maximum Gasteiger partial charge on any atom is 0.268 e. The van der Waals surface area contributed by atoms with Crippen LogP contribution in [0.5, 0.6) is 0 Å². The summed E-state index contributed by atoms with van der Waals surface area (Å²) in [6.07, 6.45) is 0. The lowest BCUT2D eigenvalue weighted by Gasteiger charge is -2.33. The number of likely N-dealkylation sites (N-methyl/N-ethyl adjacent to an activating group) is 1. The lowest BCUT2D eigenvalue weighted by atomic mass is 10.1. The van der Waals surface area contributed by atoms with Crippen LogP contribution in [0.1, 0.15) is 30.4 Å². The first-order valence-electron chi connectivity index (χ1n) is 5.72. The third-order valence-electron chi connectivity index (χ3n) is 2.78. The quantitative estimate of drug-likeness (QED) is 0.744. The average molecular weight is 272 g/mol. The van der Waals surface area contributed by atoms with E-state index in [2.05, 4.69) is 10.3 Å². The van der Waals surface area contributed by atoms with Gasteiger partial charge in [0, 0.05) is 13.6 Å². The zero-order chi connectivity index (χ0) is 13.9. The Kier molecular flexibility index (Phi) is 4.53. The fraction of sp³-hybridized carbons (Fsp3) is 0.636. The Morgan fingerprint density at radius 1 is 1.61 bits per heavy atom. The van der Waals surface area contributed by atoms with Crippen LogP contribution in [0.2, 0.25) is 0 Å². The first-order chi connectivity index (χ1) is 8.33. The highest BCUT2D eigenvalue weighted by atomic mass is 32.1. The second-order valence-corrected chi connectivity index (χ2v) is 5.60. The molecule has 102 valence electrons. The van der Waals surface area contributed by atoms with E-state index in [1.807, 2.05) is 6.92 Å². The molecule has 6 nitrogen and oxygen atoms in total. The minimum absolute atomic E-state index is 0.117. The first kappa shape index (κ1) is 14.7. The fourth-order valence-electron chi connectivity index (χ4n) is 1.25. The molecular weight excluding hydrogens is 252 g/mol. The first-order valence-corrected chi connectivity index (χ1v) is 6.54. The van der Waals surface area contributed by atoms with Crippen molar-refractivity contribution in [1.82, 2.24) is 9.88 Å². The number of carbonyl (C=O) groups excluding carboxylic acids is 1. The molecule has 0 unspecified atom stereocenters. The molecule has 0 spiro atoms. The van der Waals surface area contributed by atoms with Gasteiger partial charge in [0.15, 0.2) is 5.13 Å². The molecule has 0 radical (unpaired) electrons. The number of rotatable bonds is 5. The number of anilines is 2. The highest BCUT2D eigenvalue weighted by Gasteiger charge is 2.30. The molecule has 4 N–H and O–H groups in total. The monoisotopic (exact) mass is 272 g/mol. The van der Waals surface area contributed by atoms with Crippen LogP contribution in [0.3, 0.4) is 0 Å². The Labute approximate surface area is 111 Å². The van der Waals surface area contributed by atoms with Crippen molar-refractivity contribution in [2.24, 2.45) is 0 Å². The van der Waals surface area contributed by atoms with Gasteiger partial charge in [0.1, 0.15) is 10.7 Å². The van der Waals surface area contributed by atoms with Gasteiger partial charge < -0.3 is 21.1 Å². The Morgan fingerprint density at radius 3 is 2.72 bits per heavy atom. The number of hydrogen-bond donors (Lipinski definition) is 3. The summed E-state index contributed by atoms with van der Waals surface area (Å²) in [7, 11) is 1.64. The molecular formula is C11H20N4O2S. The Hall–Kier alpha value is -1.34. The molecule has 0 atom stereocenters. The van der Waals surface area contributed by atoms with Crippen molar-refractivity contribution < 1.29 is 9.90 Å². The predicted molar refractivity (Wildman–Crippen MR) is 73.9 cm³/mol. The van der Waals surface area contributed by atoms with E-state index in [0.29, 0.717) is 10.0 Å². The summed E-state index contributed by atoms with van der Waals surface area (Å²) in [6, 6.07) is 0. The Bertz CT molecular complexity index is 431. The lowest BCUT2D eigenvalue weighted by Crippen LogP contribution is -2.47. The average Bonchev–Trinajstić information content (AvgIpc) is 2.69. The van der Waals surface area contributed by atoms with Gasteiger partial charge in [-0.2, -0.15) is 0 Å². The van der Waals surface area contributed by atoms with E-state index >= 15 is 0 Å². The van der Waals surface area contributed by atoms with Crippen molar-refractivity contribution in [2.45, 2.75) is 26.3 Å². The third kappa shape index (κ3) is 2.91. The molecule has 1 aromatic heterocycles. The summed E-state index contributed by atoms with van der Waals surface area (Å²) < 4.78 is 0. The van der Waals surface area contributed by atoms with E-state index in [1.165, 1.54) is 16.2 Å². The van der Waals surface area contributed by atoms with Crippen LogP contribution in [0.15, 0.2) is 0 Å². The summed E-state index contributed by atoms with van der Waals surface area (Å²) in [5, 5.41) is 12.9. The number of hydrogen-bond acceptors (Lipinski definition) is 6. The molecule has 0 aliphatic heterocycles. The van der Waals surface area contributed by atoms with Gasteiger partial charge in [-0.15, -0.1) is 0 Å². The van der Waals surface area contributed by atoms with Crippen LogP contribution >= 0.6 is 11.3 Å².